The van der Waals surface area contributed by atoms with Crippen molar-refractivity contribution in [3.8, 4) is 0 Å². The molecule has 0 aliphatic carbocycles. The van der Waals surface area contributed by atoms with Crippen molar-refractivity contribution in [2.75, 3.05) is 25.4 Å². The fourth-order valence-electron chi connectivity index (χ4n) is 3.17. The van der Waals surface area contributed by atoms with Crippen LogP contribution in [0.5, 0.6) is 0 Å². The Hall–Kier alpha value is -2.03. The second kappa shape index (κ2) is 7.47. The highest BCUT2D eigenvalue weighted by Gasteiger charge is 2.53. The van der Waals surface area contributed by atoms with E-state index in [1.54, 1.807) is 6.34 Å². The van der Waals surface area contributed by atoms with Gasteiger partial charge in [-0.3, -0.25) is 19.5 Å². The average molecular weight is 367 g/mol. The number of rotatable bonds is 5. The van der Waals surface area contributed by atoms with Gasteiger partial charge in [-0.15, -0.1) is 11.8 Å². The molecule has 1 amide bonds. The number of carboxylic acid groups (broad SMARTS) is 1. The zero-order valence-corrected chi connectivity index (χ0v) is 14.8. The SMILES string of the molecule is CC(=O)OCC1=C(C(=O)O)N2C(=O)[C@@H](N=CN3CCCCC3)[C@H]2SC1. The Bertz CT molecular complexity index is 642. The first-order chi connectivity index (χ1) is 12.0. The molecule has 0 unspecified atom stereocenters. The number of likely N-dealkylation sites (tertiary alicyclic amines) is 1. The summed E-state index contributed by atoms with van der Waals surface area (Å²) >= 11 is 1.45. The summed E-state index contributed by atoms with van der Waals surface area (Å²) in [4.78, 5) is 42.8. The summed E-state index contributed by atoms with van der Waals surface area (Å²) in [5, 5.41) is 9.18. The lowest BCUT2D eigenvalue weighted by molar-refractivity contribution is -0.148. The molecule has 0 radical (unpaired) electrons. The van der Waals surface area contributed by atoms with Gasteiger partial charge >= 0.3 is 11.9 Å². The van der Waals surface area contributed by atoms with Crippen LogP contribution in [-0.4, -0.2) is 76.0 Å². The van der Waals surface area contributed by atoms with Gasteiger partial charge in [0.1, 0.15) is 17.7 Å². The number of carbonyl (C=O) groups is 3. The minimum Gasteiger partial charge on any atom is -0.477 e. The van der Waals surface area contributed by atoms with Crippen molar-refractivity contribution in [1.82, 2.24) is 9.80 Å². The van der Waals surface area contributed by atoms with Crippen LogP contribution in [-0.2, 0) is 19.1 Å². The minimum atomic E-state index is -1.18. The predicted octanol–water partition coefficient (Wildman–Crippen LogP) is 0.686. The van der Waals surface area contributed by atoms with Crippen LogP contribution < -0.4 is 0 Å². The quantitative estimate of drug-likeness (QED) is 0.330. The van der Waals surface area contributed by atoms with E-state index in [4.69, 9.17) is 4.74 Å². The Morgan fingerprint density at radius 3 is 2.72 bits per heavy atom. The summed E-state index contributed by atoms with van der Waals surface area (Å²) in [5.74, 6) is -1.58. The molecule has 136 valence electrons. The number of nitrogens with zero attached hydrogens (tertiary/aromatic N) is 3. The van der Waals surface area contributed by atoms with Crippen LogP contribution >= 0.6 is 11.8 Å². The van der Waals surface area contributed by atoms with Crippen LogP contribution in [0, 0.1) is 0 Å². The van der Waals surface area contributed by atoms with Crippen LogP contribution in [0.3, 0.4) is 0 Å². The van der Waals surface area contributed by atoms with Gasteiger partial charge in [0.15, 0.2) is 6.04 Å². The number of hydrogen-bond donors (Lipinski definition) is 1. The highest BCUT2D eigenvalue weighted by molar-refractivity contribution is 8.00. The summed E-state index contributed by atoms with van der Waals surface area (Å²) in [6.07, 6.45) is 5.20. The van der Waals surface area contributed by atoms with Crippen LogP contribution in [0.4, 0.5) is 0 Å². The van der Waals surface area contributed by atoms with Gasteiger partial charge in [-0.25, -0.2) is 4.79 Å². The fourth-order valence-corrected chi connectivity index (χ4v) is 4.49. The minimum absolute atomic E-state index is 0.0700. The monoisotopic (exact) mass is 367 g/mol. The number of amides is 1. The molecule has 0 saturated carbocycles. The first-order valence-electron chi connectivity index (χ1n) is 8.29. The Kier molecular flexibility index (Phi) is 5.31. The largest absolute Gasteiger partial charge is 0.477 e. The van der Waals surface area contributed by atoms with E-state index in [-0.39, 0.29) is 23.6 Å². The van der Waals surface area contributed by atoms with Crippen molar-refractivity contribution in [1.29, 1.82) is 0 Å². The number of carbonyl (C=O) groups excluding carboxylic acids is 2. The molecule has 2 atom stereocenters. The molecule has 25 heavy (non-hydrogen) atoms. The standard InChI is InChI=1S/C16H21N3O5S/c1-10(20)24-7-11-8-25-15-12(14(21)19(15)13(11)16(22)23)17-9-18-5-3-2-4-6-18/h9,12,15H,2-8H2,1H3,(H,22,23)/t12-,15-/m1/s1. The summed E-state index contributed by atoms with van der Waals surface area (Å²) in [7, 11) is 0. The van der Waals surface area contributed by atoms with Crippen LogP contribution in [0.1, 0.15) is 26.2 Å². The van der Waals surface area contributed by atoms with E-state index in [9.17, 15) is 19.5 Å². The Labute approximate surface area is 149 Å². The molecule has 0 aromatic carbocycles. The van der Waals surface area contributed by atoms with Gasteiger partial charge in [0.25, 0.3) is 5.91 Å². The molecule has 0 spiro atoms. The first-order valence-corrected chi connectivity index (χ1v) is 9.34. The topological polar surface area (TPSA) is 99.5 Å². The van der Waals surface area contributed by atoms with Gasteiger partial charge in [-0.2, -0.15) is 0 Å². The number of fused-ring (bicyclic) bond motifs is 1. The van der Waals surface area contributed by atoms with Crippen molar-refractivity contribution in [2.45, 2.75) is 37.6 Å². The van der Waals surface area contributed by atoms with E-state index >= 15 is 0 Å². The molecule has 2 fully saturated rings. The van der Waals surface area contributed by atoms with E-state index in [0.717, 1.165) is 25.9 Å². The molecular formula is C16H21N3O5S. The predicted molar refractivity (Wildman–Crippen MR) is 92.1 cm³/mol. The van der Waals surface area contributed by atoms with Crippen molar-refractivity contribution in [2.24, 2.45) is 4.99 Å². The summed E-state index contributed by atoms with van der Waals surface area (Å²) < 4.78 is 4.91. The van der Waals surface area contributed by atoms with E-state index in [1.807, 2.05) is 0 Å². The lowest BCUT2D eigenvalue weighted by Gasteiger charge is -2.47. The van der Waals surface area contributed by atoms with Gasteiger partial charge in [0, 0.05) is 31.3 Å². The Morgan fingerprint density at radius 2 is 2.08 bits per heavy atom. The molecule has 0 bridgehead atoms. The second-order valence-electron chi connectivity index (χ2n) is 6.25. The van der Waals surface area contributed by atoms with E-state index < -0.39 is 18.0 Å². The molecule has 3 aliphatic rings. The molecule has 3 rings (SSSR count). The van der Waals surface area contributed by atoms with Gasteiger partial charge < -0.3 is 14.7 Å². The zero-order chi connectivity index (χ0) is 18.0. The maximum atomic E-state index is 12.4. The summed E-state index contributed by atoms with van der Waals surface area (Å²) in [6.45, 7) is 3.04. The number of carboxylic acids is 1. The highest BCUT2D eigenvalue weighted by Crippen LogP contribution is 2.41. The van der Waals surface area contributed by atoms with E-state index in [1.165, 1.54) is 30.0 Å². The molecule has 3 aliphatic heterocycles. The van der Waals surface area contributed by atoms with Gasteiger partial charge in [0.05, 0.1) is 6.34 Å². The van der Waals surface area contributed by atoms with E-state index in [0.29, 0.717) is 11.3 Å². The maximum absolute atomic E-state index is 12.4. The normalized spacial score (nSPS) is 26.5. The number of aliphatic imine (C=N–C) groups is 1. The number of hydrogen-bond acceptors (Lipinski definition) is 6. The highest BCUT2D eigenvalue weighted by atomic mass is 32.2. The number of aliphatic carboxylic acids is 1. The van der Waals surface area contributed by atoms with Crippen molar-refractivity contribution < 1.29 is 24.2 Å². The molecule has 0 aromatic heterocycles. The second-order valence-corrected chi connectivity index (χ2v) is 7.36. The van der Waals surface area contributed by atoms with Crippen LogP contribution in [0.25, 0.3) is 0 Å². The third-order valence-corrected chi connectivity index (χ3v) is 5.78. The number of ether oxygens (including phenoxy) is 1. The fraction of sp³-hybridized carbons (Fsp3) is 0.625. The molecule has 1 N–H and O–H groups in total. The third kappa shape index (κ3) is 3.65. The summed E-state index contributed by atoms with van der Waals surface area (Å²) in [6, 6.07) is -0.545. The van der Waals surface area contributed by atoms with Crippen LogP contribution in [0.15, 0.2) is 16.3 Å². The molecular weight excluding hydrogens is 346 g/mol. The molecule has 0 aromatic rings. The van der Waals surface area contributed by atoms with Gasteiger partial charge in [0.2, 0.25) is 0 Å². The number of β-lactam (4-membered cyclic amide) rings is 1. The average Bonchev–Trinajstić information content (AvgIpc) is 2.60. The molecule has 9 heteroatoms. The molecule has 3 heterocycles. The van der Waals surface area contributed by atoms with E-state index in [2.05, 4.69) is 9.89 Å². The number of piperidine rings is 1. The van der Waals surface area contributed by atoms with Crippen molar-refractivity contribution >= 4 is 35.9 Å². The lowest BCUT2D eigenvalue weighted by Crippen LogP contribution is -2.64. The molecule has 2 saturated heterocycles. The third-order valence-electron chi connectivity index (χ3n) is 4.45. The number of thioether (sulfide) groups is 1. The summed E-state index contributed by atoms with van der Waals surface area (Å²) in [5.41, 5.74) is 0.371. The number of esters is 1. The maximum Gasteiger partial charge on any atom is 0.352 e. The Balaban J connectivity index is 1.71. The van der Waals surface area contributed by atoms with Crippen LogP contribution in [0.2, 0.25) is 0 Å². The van der Waals surface area contributed by atoms with Gasteiger partial charge in [-0.1, -0.05) is 0 Å². The van der Waals surface area contributed by atoms with Gasteiger partial charge in [-0.05, 0) is 19.3 Å². The smallest absolute Gasteiger partial charge is 0.352 e. The van der Waals surface area contributed by atoms with Crippen molar-refractivity contribution in [3.05, 3.63) is 11.3 Å². The zero-order valence-electron chi connectivity index (χ0n) is 14.0. The first kappa shape index (κ1) is 17.8. The Morgan fingerprint density at radius 1 is 1.36 bits per heavy atom. The molecule has 8 nitrogen and oxygen atoms in total. The lowest BCUT2D eigenvalue weighted by atomic mass is 10.0. The van der Waals surface area contributed by atoms with Crippen molar-refractivity contribution in [3.63, 3.8) is 0 Å².